The van der Waals surface area contributed by atoms with Gasteiger partial charge in [0.15, 0.2) is 0 Å². The molecule has 13 heavy (non-hydrogen) atoms. The number of aliphatic imine (C=N–C) groups is 1. The lowest BCUT2D eigenvalue weighted by molar-refractivity contribution is 0.0902. The van der Waals surface area contributed by atoms with Crippen molar-refractivity contribution in [2.24, 2.45) is 4.99 Å². The highest BCUT2D eigenvalue weighted by Gasteiger charge is 2.33. The average molecular weight is 181 g/mol. The van der Waals surface area contributed by atoms with Gasteiger partial charge in [-0.25, -0.2) is 0 Å². The Morgan fingerprint density at radius 3 is 3.15 bits per heavy atom. The molecule has 0 aromatic rings. The minimum absolute atomic E-state index is 0.638. The van der Waals surface area contributed by atoms with Crippen molar-refractivity contribution in [1.82, 2.24) is 10.2 Å². The van der Waals surface area contributed by atoms with E-state index in [1.165, 1.54) is 19.4 Å². The number of hydrogen-bond donors (Lipinski definition) is 1. The summed E-state index contributed by atoms with van der Waals surface area (Å²) in [6.45, 7) is 6.78. The smallest absolute Gasteiger partial charge is 0.0827 e. The number of rotatable bonds is 1. The summed E-state index contributed by atoms with van der Waals surface area (Å²) in [5.41, 5.74) is 0. The summed E-state index contributed by atoms with van der Waals surface area (Å²) in [4.78, 5) is 6.90. The molecule has 1 fully saturated rings. The van der Waals surface area contributed by atoms with E-state index in [1.54, 1.807) is 0 Å². The molecule has 2 aliphatic rings. The topological polar surface area (TPSA) is 27.6 Å². The van der Waals surface area contributed by atoms with Crippen LogP contribution in [-0.4, -0.2) is 42.5 Å². The van der Waals surface area contributed by atoms with E-state index < -0.39 is 0 Å². The number of nitrogens with one attached hydrogen (secondary N) is 1. The molecule has 2 rings (SSSR count). The van der Waals surface area contributed by atoms with Crippen molar-refractivity contribution >= 4 is 6.34 Å². The van der Waals surface area contributed by atoms with E-state index in [1.807, 2.05) is 6.34 Å². The molecule has 0 aromatic heterocycles. The van der Waals surface area contributed by atoms with E-state index in [-0.39, 0.29) is 0 Å². The summed E-state index contributed by atoms with van der Waals surface area (Å²) in [6.07, 6.45) is 4.51. The highest BCUT2D eigenvalue weighted by molar-refractivity contribution is 5.56. The van der Waals surface area contributed by atoms with Crippen LogP contribution in [0.3, 0.4) is 0 Å². The fourth-order valence-electron chi connectivity index (χ4n) is 2.46. The first-order valence-corrected chi connectivity index (χ1v) is 5.29. The van der Waals surface area contributed by atoms with Crippen molar-refractivity contribution in [3.8, 4) is 0 Å². The third-order valence-corrected chi connectivity index (χ3v) is 3.16. The molecule has 0 aliphatic carbocycles. The largest absolute Gasteiger partial charge is 0.372 e. The Balaban J connectivity index is 2.08. The molecule has 2 atom stereocenters. The molecule has 2 aliphatic heterocycles. The van der Waals surface area contributed by atoms with E-state index >= 15 is 0 Å². The van der Waals surface area contributed by atoms with Gasteiger partial charge in [-0.15, -0.1) is 0 Å². The van der Waals surface area contributed by atoms with Gasteiger partial charge in [0.25, 0.3) is 0 Å². The summed E-state index contributed by atoms with van der Waals surface area (Å²) in [7, 11) is 0. The van der Waals surface area contributed by atoms with Gasteiger partial charge in [-0.1, -0.05) is 0 Å². The Bertz CT molecular complexity index is 200. The Morgan fingerprint density at radius 1 is 1.54 bits per heavy atom. The standard InChI is InChI=1S/C10H19N3/c1-8(2)13-5-3-4-9-10(13)6-11-7-12-9/h7-10H,3-6H2,1-2H3,(H,11,12). The van der Waals surface area contributed by atoms with Crippen LogP contribution in [0.15, 0.2) is 4.99 Å². The number of piperidine rings is 1. The Morgan fingerprint density at radius 2 is 2.38 bits per heavy atom. The summed E-state index contributed by atoms with van der Waals surface area (Å²) in [6, 6.07) is 1.94. The van der Waals surface area contributed by atoms with Gasteiger partial charge in [-0.05, 0) is 33.2 Å². The second-order valence-corrected chi connectivity index (χ2v) is 4.31. The second-order valence-electron chi connectivity index (χ2n) is 4.31. The molecular formula is C10H19N3. The maximum Gasteiger partial charge on any atom is 0.0827 e. The van der Waals surface area contributed by atoms with Crippen LogP contribution in [0.4, 0.5) is 0 Å². The zero-order chi connectivity index (χ0) is 9.26. The first-order valence-electron chi connectivity index (χ1n) is 5.29. The summed E-state index contributed by atoms with van der Waals surface area (Å²) in [5, 5.41) is 3.37. The third-order valence-electron chi connectivity index (χ3n) is 3.16. The quantitative estimate of drug-likeness (QED) is 0.649. The molecule has 3 heteroatoms. The lowest BCUT2D eigenvalue weighted by Crippen LogP contribution is -2.59. The van der Waals surface area contributed by atoms with Gasteiger partial charge in [0.05, 0.1) is 12.9 Å². The summed E-state index contributed by atoms with van der Waals surface area (Å²) in [5.74, 6) is 0. The molecule has 0 saturated carbocycles. The molecule has 1 saturated heterocycles. The fraction of sp³-hybridized carbons (Fsp3) is 0.900. The molecule has 0 radical (unpaired) electrons. The van der Waals surface area contributed by atoms with Crippen LogP contribution in [-0.2, 0) is 0 Å². The van der Waals surface area contributed by atoms with Gasteiger partial charge in [-0.2, -0.15) is 0 Å². The van der Waals surface area contributed by atoms with Crippen molar-refractivity contribution in [3.63, 3.8) is 0 Å². The molecule has 3 nitrogen and oxygen atoms in total. The summed E-state index contributed by atoms with van der Waals surface area (Å²) >= 11 is 0. The maximum absolute atomic E-state index is 4.32. The normalized spacial score (nSPS) is 34.4. The molecule has 0 spiro atoms. The Kier molecular flexibility index (Phi) is 2.54. The number of hydrogen-bond acceptors (Lipinski definition) is 3. The van der Waals surface area contributed by atoms with E-state index in [4.69, 9.17) is 0 Å². The minimum Gasteiger partial charge on any atom is -0.372 e. The number of nitrogens with zero attached hydrogens (tertiary/aromatic N) is 2. The van der Waals surface area contributed by atoms with E-state index in [0.717, 1.165) is 6.54 Å². The van der Waals surface area contributed by atoms with Crippen LogP contribution in [0.1, 0.15) is 26.7 Å². The van der Waals surface area contributed by atoms with Crippen molar-refractivity contribution in [2.75, 3.05) is 13.1 Å². The zero-order valence-corrected chi connectivity index (χ0v) is 8.53. The van der Waals surface area contributed by atoms with Crippen molar-refractivity contribution in [3.05, 3.63) is 0 Å². The summed E-state index contributed by atoms with van der Waals surface area (Å²) < 4.78 is 0. The van der Waals surface area contributed by atoms with Crippen molar-refractivity contribution in [1.29, 1.82) is 0 Å². The monoisotopic (exact) mass is 181 g/mol. The van der Waals surface area contributed by atoms with Gasteiger partial charge >= 0.3 is 0 Å². The average Bonchev–Trinajstić information content (AvgIpc) is 2.17. The molecule has 0 amide bonds. The van der Waals surface area contributed by atoms with Gasteiger partial charge in [0.1, 0.15) is 0 Å². The van der Waals surface area contributed by atoms with Gasteiger partial charge in [0, 0.05) is 18.1 Å². The fourth-order valence-corrected chi connectivity index (χ4v) is 2.46. The lowest BCUT2D eigenvalue weighted by atomic mass is 9.94. The molecule has 0 aromatic carbocycles. The SMILES string of the molecule is CC(C)N1CCCC2NC=NCC21. The van der Waals surface area contributed by atoms with Crippen LogP contribution in [0.2, 0.25) is 0 Å². The second kappa shape index (κ2) is 3.66. The van der Waals surface area contributed by atoms with Crippen LogP contribution < -0.4 is 5.32 Å². The molecule has 2 unspecified atom stereocenters. The Labute approximate surface area is 80.2 Å². The predicted octanol–water partition coefficient (Wildman–Crippen LogP) is 0.859. The molecule has 74 valence electrons. The maximum atomic E-state index is 4.32. The predicted molar refractivity (Wildman–Crippen MR) is 55.1 cm³/mol. The lowest BCUT2D eigenvalue weighted by Gasteiger charge is -2.44. The molecule has 0 bridgehead atoms. The number of fused-ring (bicyclic) bond motifs is 1. The van der Waals surface area contributed by atoms with Gasteiger partial charge in [-0.3, -0.25) is 9.89 Å². The highest BCUT2D eigenvalue weighted by Crippen LogP contribution is 2.21. The molecule has 1 N–H and O–H groups in total. The van der Waals surface area contributed by atoms with E-state index in [9.17, 15) is 0 Å². The van der Waals surface area contributed by atoms with Crippen LogP contribution in [0.25, 0.3) is 0 Å². The van der Waals surface area contributed by atoms with Crippen LogP contribution in [0, 0.1) is 0 Å². The zero-order valence-electron chi connectivity index (χ0n) is 8.53. The minimum atomic E-state index is 0.638. The van der Waals surface area contributed by atoms with Crippen molar-refractivity contribution < 1.29 is 0 Å². The molecule has 2 heterocycles. The van der Waals surface area contributed by atoms with Gasteiger partial charge in [0.2, 0.25) is 0 Å². The van der Waals surface area contributed by atoms with Crippen molar-refractivity contribution in [2.45, 2.75) is 44.8 Å². The molecular weight excluding hydrogens is 162 g/mol. The number of likely N-dealkylation sites (tertiary alicyclic amines) is 1. The van der Waals surface area contributed by atoms with E-state index in [0.29, 0.717) is 18.1 Å². The first kappa shape index (κ1) is 9.00. The van der Waals surface area contributed by atoms with Crippen LogP contribution in [0.5, 0.6) is 0 Å². The Hall–Kier alpha value is -0.570. The highest BCUT2D eigenvalue weighted by atomic mass is 15.2. The van der Waals surface area contributed by atoms with E-state index in [2.05, 4.69) is 29.1 Å². The van der Waals surface area contributed by atoms with Gasteiger partial charge < -0.3 is 5.32 Å². The third kappa shape index (κ3) is 1.70. The van der Waals surface area contributed by atoms with Crippen LogP contribution >= 0.6 is 0 Å². The first-order chi connectivity index (χ1) is 6.29.